The van der Waals surface area contributed by atoms with E-state index in [1.807, 2.05) is 0 Å². The summed E-state index contributed by atoms with van der Waals surface area (Å²) in [7, 11) is 0. The first-order chi connectivity index (χ1) is 11.0. The molecule has 1 heterocycles. The highest BCUT2D eigenvalue weighted by Gasteiger charge is 2.17. The number of hydrogen-bond donors (Lipinski definition) is 1. The van der Waals surface area contributed by atoms with Crippen LogP contribution in [0, 0.1) is 21.7 Å². The number of anilines is 1. The van der Waals surface area contributed by atoms with Crippen LogP contribution in [0.5, 0.6) is 0 Å². The first-order valence-electron chi connectivity index (χ1n) is 6.39. The number of rotatable bonds is 3. The second kappa shape index (κ2) is 5.73. The van der Waals surface area contributed by atoms with Crippen molar-refractivity contribution in [2.24, 2.45) is 0 Å². The number of nitro groups is 1. The van der Waals surface area contributed by atoms with Crippen LogP contribution in [0.25, 0.3) is 10.1 Å². The molecule has 0 fully saturated rings. The number of nitrogens with one attached hydrogen (secondary N) is 1. The van der Waals surface area contributed by atoms with Crippen LogP contribution in [-0.2, 0) is 0 Å². The SMILES string of the molecule is O=C(Nc1ccc(F)c([N+](=O)[O-])c1)c1cc2c(F)cccc2s1. The van der Waals surface area contributed by atoms with Gasteiger partial charge >= 0.3 is 5.69 Å². The Morgan fingerprint density at radius 3 is 2.61 bits per heavy atom. The number of nitrogens with zero attached hydrogens (tertiary/aromatic N) is 1. The standard InChI is InChI=1S/C15H8F2N2O3S/c16-10-2-1-3-13-9(10)7-14(23-13)15(20)18-8-4-5-11(17)12(6-8)19(21)22/h1-7H,(H,18,20). The molecule has 23 heavy (non-hydrogen) atoms. The third-order valence-corrected chi connectivity index (χ3v) is 4.23. The summed E-state index contributed by atoms with van der Waals surface area (Å²) in [5, 5.41) is 13.5. The Bertz CT molecular complexity index is 940. The van der Waals surface area contributed by atoms with E-state index in [1.54, 1.807) is 12.1 Å². The Morgan fingerprint density at radius 2 is 1.91 bits per heavy atom. The van der Waals surface area contributed by atoms with Gasteiger partial charge in [-0.05, 0) is 30.3 Å². The molecule has 0 saturated heterocycles. The van der Waals surface area contributed by atoms with Crippen molar-refractivity contribution >= 4 is 38.7 Å². The molecule has 0 aliphatic carbocycles. The van der Waals surface area contributed by atoms with Gasteiger partial charge in [0.25, 0.3) is 5.91 Å². The van der Waals surface area contributed by atoms with Gasteiger partial charge in [-0.1, -0.05) is 6.07 Å². The van der Waals surface area contributed by atoms with Crippen molar-refractivity contribution in [2.45, 2.75) is 0 Å². The van der Waals surface area contributed by atoms with Gasteiger partial charge in [-0.15, -0.1) is 11.3 Å². The van der Waals surface area contributed by atoms with Crippen LogP contribution >= 0.6 is 11.3 Å². The molecule has 0 unspecified atom stereocenters. The molecule has 116 valence electrons. The molecule has 2 aromatic carbocycles. The Hall–Kier alpha value is -2.87. The molecule has 0 bridgehead atoms. The number of nitro benzene ring substituents is 1. The molecule has 0 spiro atoms. The number of fused-ring (bicyclic) bond motifs is 1. The Morgan fingerprint density at radius 1 is 1.13 bits per heavy atom. The predicted octanol–water partition coefficient (Wildman–Crippen LogP) is 4.34. The minimum Gasteiger partial charge on any atom is -0.321 e. The molecule has 1 N–H and O–H groups in total. The maximum Gasteiger partial charge on any atom is 0.306 e. The van der Waals surface area contributed by atoms with Crippen LogP contribution in [0.3, 0.4) is 0 Å². The fourth-order valence-electron chi connectivity index (χ4n) is 2.06. The largest absolute Gasteiger partial charge is 0.321 e. The number of carbonyl (C=O) groups is 1. The Kier molecular flexibility index (Phi) is 3.75. The summed E-state index contributed by atoms with van der Waals surface area (Å²) < 4.78 is 27.5. The number of benzene rings is 2. The van der Waals surface area contributed by atoms with Crippen LogP contribution in [0.2, 0.25) is 0 Å². The number of carbonyl (C=O) groups excluding carboxylic acids is 1. The quantitative estimate of drug-likeness (QED) is 0.572. The zero-order chi connectivity index (χ0) is 16.6. The first kappa shape index (κ1) is 15.0. The van der Waals surface area contributed by atoms with E-state index in [0.29, 0.717) is 10.1 Å². The van der Waals surface area contributed by atoms with Gasteiger partial charge in [0, 0.05) is 21.8 Å². The van der Waals surface area contributed by atoms with Gasteiger partial charge in [0.2, 0.25) is 5.82 Å². The molecule has 0 saturated carbocycles. The summed E-state index contributed by atoms with van der Waals surface area (Å²) in [6.45, 7) is 0. The van der Waals surface area contributed by atoms with Crippen molar-refractivity contribution in [1.29, 1.82) is 0 Å². The molecule has 1 amide bonds. The molecule has 8 heteroatoms. The number of halogens is 2. The van der Waals surface area contributed by atoms with Crippen LogP contribution in [0.4, 0.5) is 20.2 Å². The lowest BCUT2D eigenvalue weighted by Crippen LogP contribution is -2.10. The fourth-order valence-corrected chi connectivity index (χ4v) is 3.03. The van der Waals surface area contributed by atoms with Crippen molar-refractivity contribution < 1.29 is 18.5 Å². The highest BCUT2D eigenvalue weighted by Crippen LogP contribution is 2.29. The van der Waals surface area contributed by atoms with E-state index < -0.39 is 28.2 Å². The minimum absolute atomic E-state index is 0.0843. The molecular weight excluding hydrogens is 326 g/mol. The van der Waals surface area contributed by atoms with E-state index in [4.69, 9.17) is 0 Å². The van der Waals surface area contributed by atoms with Gasteiger partial charge in [-0.25, -0.2) is 4.39 Å². The van der Waals surface area contributed by atoms with Crippen molar-refractivity contribution in [3.8, 4) is 0 Å². The van der Waals surface area contributed by atoms with Crippen molar-refractivity contribution in [3.05, 3.63) is 69.1 Å². The van der Waals surface area contributed by atoms with E-state index >= 15 is 0 Å². The maximum absolute atomic E-state index is 13.6. The summed E-state index contributed by atoms with van der Waals surface area (Å²) >= 11 is 1.09. The molecule has 0 radical (unpaired) electrons. The predicted molar refractivity (Wildman–Crippen MR) is 82.8 cm³/mol. The second-order valence-electron chi connectivity index (χ2n) is 4.64. The monoisotopic (exact) mass is 334 g/mol. The van der Waals surface area contributed by atoms with E-state index in [0.717, 1.165) is 23.5 Å². The van der Waals surface area contributed by atoms with Gasteiger partial charge in [0.15, 0.2) is 0 Å². The van der Waals surface area contributed by atoms with Gasteiger partial charge < -0.3 is 5.32 Å². The molecule has 0 aliphatic heterocycles. The van der Waals surface area contributed by atoms with E-state index in [-0.39, 0.29) is 10.6 Å². The number of thiophene rings is 1. The van der Waals surface area contributed by atoms with Gasteiger partial charge in [0.05, 0.1) is 9.80 Å². The molecule has 1 aromatic heterocycles. The molecule has 0 atom stereocenters. The average molecular weight is 334 g/mol. The summed E-state index contributed by atoms with van der Waals surface area (Å²) in [4.78, 5) is 22.2. The number of hydrogen-bond acceptors (Lipinski definition) is 4. The lowest BCUT2D eigenvalue weighted by atomic mass is 10.2. The Balaban J connectivity index is 1.90. The van der Waals surface area contributed by atoms with Gasteiger partial charge in [-0.3, -0.25) is 14.9 Å². The molecule has 3 rings (SSSR count). The zero-order valence-electron chi connectivity index (χ0n) is 11.4. The number of amides is 1. The van der Waals surface area contributed by atoms with E-state index in [2.05, 4.69) is 5.32 Å². The highest BCUT2D eigenvalue weighted by molar-refractivity contribution is 7.20. The van der Waals surface area contributed by atoms with Crippen molar-refractivity contribution in [2.75, 3.05) is 5.32 Å². The van der Waals surface area contributed by atoms with Crippen molar-refractivity contribution in [1.82, 2.24) is 0 Å². The molecule has 0 aliphatic rings. The summed E-state index contributed by atoms with van der Waals surface area (Å²) in [6.07, 6.45) is 0. The maximum atomic E-state index is 13.6. The smallest absolute Gasteiger partial charge is 0.306 e. The first-order valence-corrected chi connectivity index (χ1v) is 7.20. The lowest BCUT2D eigenvalue weighted by Gasteiger charge is -2.03. The van der Waals surface area contributed by atoms with Gasteiger partial charge in [0.1, 0.15) is 5.82 Å². The summed E-state index contributed by atoms with van der Waals surface area (Å²) in [6, 6.07) is 8.97. The fraction of sp³-hybridized carbons (Fsp3) is 0. The van der Waals surface area contributed by atoms with Crippen molar-refractivity contribution in [3.63, 3.8) is 0 Å². The third kappa shape index (κ3) is 2.88. The summed E-state index contributed by atoms with van der Waals surface area (Å²) in [5.74, 6) is -1.97. The lowest BCUT2D eigenvalue weighted by molar-refractivity contribution is -0.387. The van der Waals surface area contributed by atoms with Crippen LogP contribution in [0.15, 0.2) is 42.5 Å². The molecular formula is C15H8F2N2O3S. The van der Waals surface area contributed by atoms with E-state index in [9.17, 15) is 23.7 Å². The van der Waals surface area contributed by atoms with Crippen LogP contribution < -0.4 is 5.32 Å². The topological polar surface area (TPSA) is 72.2 Å². The normalized spacial score (nSPS) is 10.7. The highest BCUT2D eigenvalue weighted by atomic mass is 32.1. The average Bonchev–Trinajstić information content (AvgIpc) is 2.94. The summed E-state index contributed by atoms with van der Waals surface area (Å²) in [5.41, 5.74) is -0.647. The third-order valence-electron chi connectivity index (χ3n) is 3.13. The van der Waals surface area contributed by atoms with Crippen LogP contribution in [0.1, 0.15) is 9.67 Å². The van der Waals surface area contributed by atoms with E-state index in [1.165, 1.54) is 18.2 Å². The minimum atomic E-state index is -0.989. The van der Waals surface area contributed by atoms with Crippen LogP contribution in [-0.4, -0.2) is 10.8 Å². The van der Waals surface area contributed by atoms with Gasteiger partial charge in [-0.2, -0.15) is 4.39 Å². The second-order valence-corrected chi connectivity index (χ2v) is 5.72. The Labute approximate surface area is 132 Å². The zero-order valence-corrected chi connectivity index (χ0v) is 12.2. The molecule has 3 aromatic rings. The molecule has 5 nitrogen and oxygen atoms in total.